The Bertz CT molecular complexity index is 1190. The smallest absolute Gasteiger partial charge is 0.390 e. The summed E-state index contributed by atoms with van der Waals surface area (Å²) in [5.41, 5.74) is 0. The Hall–Kier alpha value is -6.06. The van der Waals surface area contributed by atoms with Gasteiger partial charge in [-0.3, -0.25) is 0 Å². The molecule has 4 rings (SSSR count). The van der Waals surface area contributed by atoms with Gasteiger partial charge in [0.25, 0.3) is 0 Å². The third-order valence-electron chi connectivity index (χ3n) is 3.56. The summed E-state index contributed by atoms with van der Waals surface area (Å²) in [6.45, 7) is -3.94. The summed E-state index contributed by atoms with van der Waals surface area (Å²) in [6.07, 6.45) is 0. The molecule has 0 bridgehead atoms. The molecule has 0 aliphatic rings. The van der Waals surface area contributed by atoms with E-state index in [1.165, 1.54) is 0 Å². The highest BCUT2D eigenvalue weighted by Crippen LogP contribution is 2.15. The zero-order chi connectivity index (χ0) is 23.9. The summed E-state index contributed by atoms with van der Waals surface area (Å²) in [5.74, 6) is -4.67. The summed E-state index contributed by atoms with van der Waals surface area (Å²) in [6, 6.07) is 0. The zero-order valence-corrected chi connectivity index (χ0v) is 14.8. The molecule has 0 aromatic carbocycles. The number of hydrogen-bond acceptors (Lipinski definition) is 20. The van der Waals surface area contributed by atoms with Gasteiger partial charge in [0.1, 0.15) is 0 Å². The monoisotopic (exact) mass is 467 g/mol. The number of aromatic nitrogens is 16. The normalized spacial score (nSPS) is 11.4. The minimum atomic E-state index is -3.94. The first-order valence-electron chi connectivity index (χ1n) is 7.58. The van der Waals surface area contributed by atoms with Gasteiger partial charge in [0, 0.05) is 41.2 Å². The Labute approximate surface area is 172 Å². The predicted octanol–water partition coefficient (Wildman–Crippen LogP) is -4.81. The van der Waals surface area contributed by atoms with Crippen molar-refractivity contribution in [2.24, 2.45) is 0 Å². The fourth-order valence-electron chi connectivity index (χ4n) is 2.30. The van der Waals surface area contributed by atoms with E-state index in [-0.39, 0.29) is 18.8 Å². The number of rotatable bonds is 8. The van der Waals surface area contributed by atoms with Crippen LogP contribution < -0.4 is 0 Å². The van der Waals surface area contributed by atoms with Crippen LogP contribution in [0.4, 0.5) is 23.8 Å². The Balaban J connectivity index is 2.11. The first kappa shape index (κ1) is 20.2. The molecule has 0 aliphatic carbocycles. The Morgan fingerprint density at radius 2 is 0.697 bits per heavy atom. The van der Waals surface area contributed by atoms with Crippen LogP contribution in [0.1, 0.15) is 0 Å². The summed E-state index contributed by atoms with van der Waals surface area (Å²) < 4.78 is 0.835. The molecule has 4 heterocycles. The molecule has 0 fully saturated rings. The quantitative estimate of drug-likeness (QED) is 0.133. The second-order valence-electron chi connectivity index (χ2n) is 5.36. The first-order valence-corrected chi connectivity index (χ1v) is 7.58. The maximum absolute atomic E-state index is 11.0. The summed E-state index contributed by atoms with van der Waals surface area (Å²) in [7, 11) is 0. The Kier molecular flexibility index (Phi) is 4.30. The van der Waals surface area contributed by atoms with E-state index in [9.17, 15) is 40.5 Å². The van der Waals surface area contributed by atoms with Crippen molar-refractivity contribution in [2.75, 3.05) is 0 Å². The van der Waals surface area contributed by atoms with Crippen LogP contribution in [0.2, 0.25) is 0 Å². The van der Waals surface area contributed by atoms with E-state index in [1.54, 1.807) is 0 Å². The number of hydrogen-bond donors (Lipinski definition) is 0. The molecule has 0 amide bonds. The highest BCUT2D eigenvalue weighted by molar-refractivity contribution is 6.71. The van der Waals surface area contributed by atoms with Gasteiger partial charge >= 0.3 is 30.5 Å². The summed E-state index contributed by atoms with van der Waals surface area (Å²) in [4.78, 5) is 39.7. The lowest BCUT2D eigenvalue weighted by Crippen LogP contribution is -2.68. The van der Waals surface area contributed by atoms with Gasteiger partial charge in [-0.2, -0.15) is 18.8 Å². The lowest BCUT2D eigenvalue weighted by atomic mass is 9.78. The van der Waals surface area contributed by atoms with Gasteiger partial charge in [-0.1, -0.05) is 0 Å². The third kappa shape index (κ3) is 3.04. The van der Waals surface area contributed by atoms with Crippen LogP contribution in [0, 0.1) is 40.5 Å². The summed E-state index contributed by atoms with van der Waals surface area (Å²) in [5, 5.41) is 83.7. The molecule has 4 aromatic heterocycles. The van der Waals surface area contributed by atoms with Crippen molar-refractivity contribution in [1.29, 1.82) is 0 Å². The van der Waals surface area contributed by atoms with Gasteiger partial charge in [0.15, 0.2) is 0 Å². The highest BCUT2D eigenvalue weighted by Gasteiger charge is 2.56. The SMILES string of the molecule is O=[N+]([O-])c1nnn([B-](n2nnc([N+](=O)[O-])n2)(n2nnc([N+](=O)[O-])n2)n2nnc([N+](=O)[O-])n2)n1. The lowest BCUT2D eigenvalue weighted by molar-refractivity contribution is -0.394. The van der Waals surface area contributed by atoms with Crippen LogP contribution in [0.3, 0.4) is 0 Å². The molecule has 33 heavy (non-hydrogen) atoms. The second kappa shape index (κ2) is 7.02. The van der Waals surface area contributed by atoms with Crippen molar-refractivity contribution >= 4 is 30.5 Å². The molecule has 0 atom stereocenters. The molecule has 0 aliphatic heterocycles. The van der Waals surface area contributed by atoms with E-state index in [0.717, 1.165) is 0 Å². The van der Waals surface area contributed by atoms with E-state index in [1.807, 2.05) is 0 Å². The molecule has 0 N–H and O–H groups in total. The van der Waals surface area contributed by atoms with Crippen molar-refractivity contribution in [2.45, 2.75) is 0 Å². The molecular weight excluding hydrogens is 467 g/mol. The van der Waals surface area contributed by atoms with Crippen molar-refractivity contribution in [3.63, 3.8) is 0 Å². The predicted molar refractivity (Wildman–Crippen MR) is 85.2 cm³/mol. The van der Waals surface area contributed by atoms with Crippen molar-refractivity contribution < 1.29 is 19.7 Å². The largest absolute Gasteiger partial charge is 0.593 e. The molecule has 4 aromatic rings. The van der Waals surface area contributed by atoms with Crippen molar-refractivity contribution in [3.05, 3.63) is 40.5 Å². The second-order valence-corrected chi connectivity index (χ2v) is 5.36. The minimum Gasteiger partial charge on any atom is -0.390 e. The van der Waals surface area contributed by atoms with Gasteiger partial charge in [0.2, 0.25) is 0 Å². The molecule has 0 saturated carbocycles. The van der Waals surface area contributed by atoms with Gasteiger partial charge < -0.3 is 40.5 Å². The number of nitro groups is 4. The van der Waals surface area contributed by atoms with Crippen LogP contribution in [0.15, 0.2) is 0 Å². The van der Waals surface area contributed by atoms with Gasteiger partial charge in [-0.15, -0.1) is 0 Å². The van der Waals surface area contributed by atoms with Gasteiger partial charge in [0.05, 0.1) is 20.4 Å². The van der Waals surface area contributed by atoms with Gasteiger partial charge in [-0.05, 0) is 19.7 Å². The van der Waals surface area contributed by atoms with Crippen molar-refractivity contribution in [1.82, 2.24) is 80.5 Å². The van der Waals surface area contributed by atoms with E-state index < -0.39 is 50.2 Å². The van der Waals surface area contributed by atoms with Crippen LogP contribution in [0.5, 0.6) is 0 Å². The fraction of sp³-hybridized carbons (Fsp3) is 0. The molecule has 0 spiro atoms. The maximum Gasteiger partial charge on any atom is 0.593 e. The maximum atomic E-state index is 11.0. The number of nitrogens with zero attached hydrogens (tertiary/aromatic N) is 20. The minimum absolute atomic E-state index is 0.209. The zero-order valence-electron chi connectivity index (χ0n) is 14.8. The highest BCUT2D eigenvalue weighted by atomic mass is 16.6. The van der Waals surface area contributed by atoms with Crippen LogP contribution in [-0.2, 0) is 0 Å². The Morgan fingerprint density at radius 3 is 0.848 bits per heavy atom. The third-order valence-corrected chi connectivity index (χ3v) is 3.56. The first-order chi connectivity index (χ1) is 15.6. The Morgan fingerprint density at radius 1 is 0.485 bits per heavy atom. The molecule has 168 valence electrons. The van der Waals surface area contributed by atoms with E-state index in [4.69, 9.17) is 0 Å². The standard InChI is InChI=1S/C4BN20O8/c26-18(27)1-6-14-22(10-1)5(23-11-2(7-15-23)19(28)29,24-12-3(8-16-24)20(30)31)25-13-4(9-17-25)21(32)33/q-1. The average Bonchev–Trinajstić information content (AvgIpc) is 3.55. The van der Waals surface area contributed by atoms with E-state index in [0.29, 0.717) is 0 Å². The topological polar surface area (TPSA) is 347 Å². The molecule has 29 heteroatoms. The molecule has 0 unspecified atom stereocenters. The van der Waals surface area contributed by atoms with Crippen LogP contribution in [-0.4, -0.2) is 107 Å². The average molecular weight is 467 g/mol. The molecular formula is C4BN20O8-. The summed E-state index contributed by atoms with van der Waals surface area (Å²) >= 11 is 0. The van der Waals surface area contributed by atoms with E-state index in [2.05, 4.69) is 61.6 Å². The van der Waals surface area contributed by atoms with Crippen molar-refractivity contribution in [3.8, 4) is 0 Å². The van der Waals surface area contributed by atoms with Crippen LogP contribution in [0.25, 0.3) is 0 Å². The molecule has 28 nitrogen and oxygen atoms in total. The van der Waals surface area contributed by atoms with Gasteiger partial charge in [-0.25, -0.2) is 0 Å². The van der Waals surface area contributed by atoms with E-state index >= 15 is 0 Å². The fourth-order valence-corrected chi connectivity index (χ4v) is 2.30. The molecule has 0 saturated heterocycles. The molecule has 0 radical (unpaired) electrons. The lowest BCUT2D eigenvalue weighted by Gasteiger charge is -2.24. The van der Waals surface area contributed by atoms with Crippen LogP contribution >= 0.6 is 0 Å². The number of tetrazole rings is 4.